The lowest BCUT2D eigenvalue weighted by Crippen LogP contribution is -2.36. The highest BCUT2D eigenvalue weighted by Gasteiger charge is 2.38. The molecule has 1 N–H and O–H groups in total. The maximum absolute atomic E-state index is 10.6. The predicted octanol–water partition coefficient (Wildman–Crippen LogP) is 4.07. The highest BCUT2D eigenvalue weighted by molar-refractivity contribution is 6.21. The molecule has 1 nitrogen and oxygen atoms in total. The van der Waals surface area contributed by atoms with Crippen molar-refractivity contribution in [2.75, 3.05) is 0 Å². The number of allylic oxidation sites excluding steroid dienone is 1. The Hall–Kier alpha value is -0.790. The number of rotatable bonds is 2. The number of alkyl halides is 1. The minimum absolute atomic E-state index is 0.166. The van der Waals surface area contributed by atoms with Crippen LogP contribution in [0.25, 0.3) is 0 Å². The molecule has 2 rings (SSSR count). The third-order valence-electron chi connectivity index (χ3n) is 3.52. The fraction of sp³-hybridized carbons (Fsp3) is 0.467. The van der Waals surface area contributed by atoms with E-state index < -0.39 is 5.60 Å². The van der Waals surface area contributed by atoms with Gasteiger partial charge in [0.25, 0.3) is 0 Å². The van der Waals surface area contributed by atoms with Crippen molar-refractivity contribution in [2.45, 2.75) is 37.7 Å². The van der Waals surface area contributed by atoms with Crippen molar-refractivity contribution in [3.63, 3.8) is 0 Å². The van der Waals surface area contributed by atoms with Gasteiger partial charge in [-0.2, -0.15) is 0 Å². The topological polar surface area (TPSA) is 20.2 Å². The summed E-state index contributed by atoms with van der Waals surface area (Å²) in [4.78, 5) is 0. The molecule has 2 atom stereocenters. The molecule has 0 saturated carbocycles. The molecule has 0 aliphatic heterocycles. The van der Waals surface area contributed by atoms with Crippen molar-refractivity contribution in [1.82, 2.24) is 0 Å². The molecule has 2 heteroatoms. The standard InChI is InChI=1S/C15H19ClO/c1-14(2)8-10-15(17,11-9-14)13(16)12-6-4-3-5-7-12/h3-8,10,13,17H,9,11H2,1-2H3. The summed E-state index contributed by atoms with van der Waals surface area (Å²) in [5.74, 6) is 0. The molecule has 1 aliphatic carbocycles. The van der Waals surface area contributed by atoms with Crippen molar-refractivity contribution in [1.29, 1.82) is 0 Å². The molecule has 17 heavy (non-hydrogen) atoms. The summed E-state index contributed by atoms with van der Waals surface area (Å²) < 4.78 is 0. The van der Waals surface area contributed by atoms with Gasteiger partial charge in [-0.1, -0.05) is 56.3 Å². The Morgan fingerprint density at radius 3 is 2.29 bits per heavy atom. The Morgan fingerprint density at radius 1 is 1.12 bits per heavy atom. The molecule has 0 bridgehead atoms. The van der Waals surface area contributed by atoms with E-state index in [-0.39, 0.29) is 10.8 Å². The quantitative estimate of drug-likeness (QED) is 0.620. The number of hydrogen-bond acceptors (Lipinski definition) is 1. The summed E-state index contributed by atoms with van der Waals surface area (Å²) in [6, 6.07) is 9.78. The van der Waals surface area contributed by atoms with Crippen LogP contribution in [0.2, 0.25) is 0 Å². The van der Waals surface area contributed by atoms with Crippen LogP contribution in [0.4, 0.5) is 0 Å². The highest BCUT2D eigenvalue weighted by atomic mass is 35.5. The number of aliphatic hydroxyl groups is 1. The predicted molar refractivity (Wildman–Crippen MR) is 72.1 cm³/mol. The van der Waals surface area contributed by atoms with Crippen LogP contribution in [0, 0.1) is 5.41 Å². The average molecular weight is 251 g/mol. The van der Waals surface area contributed by atoms with Crippen LogP contribution in [-0.4, -0.2) is 10.7 Å². The van der Waals surface area contributed by atoms with Crippen LogP contribution in [0.5, 0.6) is 0 Å². The van der Waals surface area contributed by atoms with Gasteiger partial charge in [0.15, 0.2) is 0 Å². The monoisotopic (exact) mass is 250 g/mol. The Balaban J connectivity index is 2.23. The first-order valence-corrected chi connectivity index (χ1v) is 6.48. The molecule has 1 aliphatic rings. The molecule has 2 unspecified atom stereocenters. The number of hydrogen-bond donors (Lipinski definition) is 1. The van der Waals surface area contributed by atoms with Gasteiger partial charge < -0.3 is 5.11 Å². The van der Waals surface area contributed by atoms with Gasteiger partial charge in [0.2, 0.25) is 0 Å². The summed E-state index contributed by atoms with van der Waals surface area (Å²) in [5.41, 5.74) is 0.221. The van der Waals surface area contributed by atoms with E-state index in [1.54, 1.807) is 0 Å². The van der Waals surface area contributed by atoms with E-state index >= 15 is 0 Å². The Labute approximate surface area is 108 Å². The van der Waals surface area contributed by atoms with Gasteiger partial charge in [-0.3, -0.25) is 0 Å². The summed E-state index contributed by atoms with van der Waals surface area (Å²) in [5, 5.41) is 10.2. The zero-order chi connectivity index (χ0) is 12.5. The largest absolute Gasteiger partial charge is 0.384 e. The molecule has 0 aromatic heterocycles. The maximum Gasteiger partial charge on any atom is 0.103 e. The zero-order valence-corrected chi connectivity index (χ0v) is 11.1. The van der Waals surface area contributed by atoms with E-state index in [0.29, 0.717) is 6.42 Å². The number of halogens is 1. The van der Waals surface area contributed by atoms with E-state index in [0.717, 1.165) is 12.0 Å². The van der Waals surface area contributed by atoms with Crippen LogP contribution in [0.3, 0.4) is 0 Å². The minimum Gasteiger partial charge on any atom is -0.384 e. The molecule has 0 spiro atoms. The molecular weight excluding hydrogens is 232 g/mol. The molecular formula is C15H19ClO. The van der Waals surface area contributed by atoms with Crippen LogP contribution < -0.4 is 0 Å². The SMILES string of the molecule is CC1(C)C=CC(O)(C(Cl)c2ccccc2)CC1. The lowest BCUT2D eigenvalue weighted by Gasteiger charge is -2.37. The third-order valence-corrected chi connectivity index (χ3v) is 4.15. The fourth-order valence-corrected chi connectivity index (χ4v) is 2.51. The summed E-state index contributed by atoms with van der Waals surface area (Å²) in [6.07, 6.45) is 5.62. The Morgan fingerprint density at radius 2 is 1.76 bits per heavy atom. The van der Waals surface area contributed by atoms with Gasteiger partial charge in [-0.15, -0.1) is 11.6 Å². The average Bonchev–Trinajstić information content (AvgIpc) is 2.34. The van der Waals surface area contributed by atoms with E-state index in [1.807, 2.05) is 36.4 Å². The second kappa shape index (κ2) is 4.47. The van der Waals surface area contributed by atoms with Crippen molar-refractivity contribution in [3.8, 4) is 0 Å². The van der Waals surface area contributed by atoms with Crippen LogP contribution in [0.15, 0.2) is 42.5 Å². The number of benzene rings is 1. The van der Waals surface area contributed by atoms with Crippen LogP contribution in [0.1, 0.15) is 37.6 Å². The Kier molecular flexibility index (Phi) is 3.33. The second-order valence-electron chi connectivity index (χ2n) is 5.59. The van der Waals surface area contributed by atoms with Crippen molar-refractivity contribution in [3.05, 3.63) is 48.0 Å². The molecule has 0 saturated heterocycles. The molecule has 92 valence electrons. The van der Waals surface area contributed by atoms with E-state index in [9.17, 15) is 5.11 Å². The molecule has 1 aromatic carbocycles. The lowest BCUT2D eigenvalue weighted by atomic mass is 9.74. The van der Waals surface area contributed by atoms with Crippen molar-refractivity contribution in [2.24, 2.45) is 5.41 Å². The molecule has 0 amide bonds. The maximum atomic E-state index is 10.6. The second-order valence-corrected chi connectivity index (χ2v) is 6.02. The third kappa shape index (κ3) is 2.72. The van der Waals surface area contributed by atoms with Gasteiger partial charge >= 0.3 is 0 Å². The molecule has 1 aromatic rings. The fourth-order valence-electron chi connectivity index (χ4n) is 2.18. The van der Waals surface area contributed by atoms with Crippen molar-refractivity contribution < 1.29 is 5.11 Å². The minimum atomic E-state index is -0.918. The van der Waals surface area contributed by atoms with Gasteiger partial charge in [0.05, 0.1) is 5.38 Å². The van der Waals surface area contributed by atoms with Crippen LogP contribution in [-0.2, 0) is 0 Å². The summed E-state index contributed by atoms with van der Waals surface area (Å²) >= 11 is 6.42. The smallest absolute Gasteiger partial charge is 0.103 e. The molecule has 0 radical (unpaired) electrons. The van der Waals surface area contributed by atoms with Crippen molar-refractivity contribution >= 4 is 11.6 Å². The lowest BCUT2D eigenvalue weighted by molar-refractivity contribution is 0.0560. The Bertz CT molecular complexity index is 410. The van der Waals surface area contributed by atoms with E-state index in [4.69, 9.17) is 11.6 Å². The molecule has 0 heterocycles. The summed E-state index contributed by atoms with van der Waals surface area (Å²) in [7, 11) is 0. The van der Waals surface area contributed by atoms with Gasteiger partial charge in [0.1, 0.15) is 5.60 Å². The van der Waals surface area contributed by atoms with Gasteiger partial charge in [-0.25, -0.2) is 0 Å². The van der Waals surface area contributed by atoms with Crippen LogP contribution >= 0.6 is 11.6 Å². The molecule has 0 fully saturated rings. The normalized spacial score (nSPS) is 28.9. The first-order chi connectivity index (χ1) is 7.93. The van der Waals surface area contributed by atoms with E-state index in [1.165, 1.54) is 0 Å². The summed E-state index contributed by atoms with van der Waals surface area (Å²) in [6.45, 7) is 4.35. The van der Waals surface area contributed by atoms with Gasteiger partial charge in [-0.05, 0) is 23.8 Å². The first-order valence-electron chi connectivity index (χ1n) is 6.05. The highest BCUT2D eigenvalue weighted by Crippen LogP contribution is 2.43. The first kappa shape index (κ1) is 12.7. The van der Waals surface area contributed by atoms with Gasteiger partial charge in [0, 0.05) is 0 Å². The zero-order valence-electron chi connectivity index (χ0n) is 10.4. The van der Waals surface area contributed by atoms with E-state index in [2.05, 4.69) is 19.9 Å².